The standard InChI is InChI=1S/C20H19FN2O/c1-14-5-6-19-18(11-14)22-20(24-19)16-7-9-23(10-8-16)13-15-3-2-4-17(21)12-15/h2-7,11-12H,8-10,13H2,1H3. The Kier molecular flexibility index (Phi) is 3.90. The van der Waals surface area contributed by atoms with Crippen LogP contribution >= 0.6 is 0 Å². The third-order valence-corrected chi connectivity index (χ3v) is 4.41. The van der Waals surface area contributed by atoms with Gasteiger partial charge in [-0.2, -0.15) is 0 Å². The van der Waals surface area contributed by atoms with Crippen molar-refractivity contribution < 1.29 is 8.81 Å². The summed E-state index contributed by atoms with van der Waals surface area (Å²) in [5, 5.41) is 0. The second kappa shape index (κ2) is 6.21. The maximum Gasteiger partial charge on any atom is 0.222 e. The minimum atomic E-state index is -0.178. The summed E-state index contributed by atoms with van der Waals surface area (Å²) in [4.78, 5) is 6.91. The second-order valence-corrected chi connectivity index (χ2v) is 6.33. The largest absolute Gasteiger partial charge is 0.436 e. The minimum Gasteiger partial charge on any atom is -0.436 e. The fraction of sp³-hybridized carbons (Fsp3) is 0.250. The Hall–Kier alpha value is -2.46. The molecule has 1 aliphatic rings. The van der Waals surface area contributed by atoms with Gasteiger partial charge in [-0.25, -0.2) is 9.37 Å². The highest BCUT2D eigenvalue weighted by Gasteiger charge is 2.17. The lowest BCUT2D eigenvalue weighted by atomic mass is 10.1. The van der Waals surface area contributed by atoms with Crippen molar-refractivity contribution >= 4 is 16.7 Å². The second-order valence-electron chi connectivity index (χ2n) is 6.33. The van der Waals surface area contributed by atoms with Crippen LogP contribution in [-0.2, 0) is 6.54 Å². The smallest absolute Gasteiger partial charge is 0.222 e. The van der Waals surface area contributed by atoms with E-state index in [2.05, 4.69) is 22.9 Å². The number of oxazole rings is 1. The van der Waals surface area contributed by atoms with Crippen LogP contribution in [0.3, 0.4) is 0 Å². The highest BCUT2D eigenvalue weighted by Crippen LogP contribution is 2.26. The molecule has 4 heteroatoms. The van der Waals surface area contributed by atoms with Gasteiger partial charge in [0, 0.05) is 25.2 Å². The van der Waals surface area contributed by atoms with Gasteiger partial charge >= 0.3 is 0 Å². The summed E-state index contributed by atoms with van der Waals surface area (Å²) in [7, 11) is 0. The lowest BCUT2D eigenvalue weighted by Crippen LogP contribution is -2.28. The van der Waals surface area contributed by atoms with Crippen LogP contribution in [0, 0.1) is 12.7 Å². The van der Waals surface area contributed by atoms with Gasteiger partial charge in [-0.3, -0.25) is 4.90 Å². The fourth-order valence-electron chi connectivity index (χ4n) is 3.12. The number of hydrogen-bond donors (Lipinski definition) is 0. The molecule has 0 saturated carbocycles. The molecule has 0 aliphatic carbocycles. The van der Waals surface area contributed by atoms with E-state index in [0.29, 0.717) is 0 Å². The Morgan fingerprint density at radius 3 is 2.92 bits per heavy atom. The van der Waals surface area contributed by atoms with Crippen molar-refractivity contribution in [3.05, 3.63) is 71.4 Å². The van der Waals surface area contributed by atoms with Gasteiger partial charge in [0.1, 0.15) is 11.3 Å². The number of fused-ring (bicyclic) bond motifs is 1. The summed E-state index contributed by atoms with van der Waals surface area (Å²) in [6, 6.07) is 12.9. The Labute approximate surface area is 140 Å². The summed E-state index contributed by atoms with van der Waals surface area (Å²) >= 11 is 0. The van der Waals surface area contributed by atoms with Crippen molar-refractivity contribution in [2.45, 2.75) is 19.9 Å². The van der Waals surface area contributed by atoms with Gasteiger partial charge in [-0.1, -0.05) is 24.3 Å². The van der Waals surface area contributed by atoms with Crippen LogP contribution in [0.2, 0.25) is 0 Å². The van der Waals surface area contributed by atoms with E-state index in [1.807, 2.05) is 24.3 Å². The van der Waals surface area contributed by atoms with Crippen LogP contribution < -0.4 is 0 Å². The zero-order chi connectivity index (χ0) is 16.5. The molecule has 4 rings (SSSR count). The predicted octanol–water partition coefficient (Wildman–Crippen LogP) is 4.56. The van der Waals surface area contributed by atoms with Gasteiger partial charge in [-0.15, -0.1) is 0 Å². The van der Waals surface area contributed by atoms with E-state index >= 15 is 0 Å². The highest BCUT2D eigenvalue weighted by atomic mass is 19.1. The molecule has 0 fully saturated rings. The van der Waals surface area contributed by atoms with E-state index in [1.165, 1.54) is 11.6 Å². The molecule has 0 N–H and O–H groups in total. The number of rotatable bonds is 3. The summed E-state index contributed by atoms with van der Waals surface area (Å²) < 4.78 is 19.2. The van der Waals surface area contributed by atoms with Crippen LogP contribution in [0.15, 0.2) is 53.0 Å². The lowest BCUT2D eigenvalue weighted by Gasteiger charge is -2.25. The molecule has 2 heterocycles. The first-order chi connectivity index (χ1) is 11.7. The van der Waals surface area contributed by atoms with E-state index < -0.39 is 0 Å². The quantitative estimate of drug-likeness (QED) is 0.707. The van der Waals surface area contributed by atoms with Crippen molar-refractivity contribution in [2.75, 3.05) is 13.1 Å². The Morgan fingerprint density at radius 2 is 2.12 bits per heavy atom. The van der Waals surface area contributed by atoms with Crippen molar-refractivity contribution in [3.8, 4) is 0 Å². The molecule has 1 aromatic heterocycles. The first-order valence-corrected chi connectivity index (χ1v) is 8.21. The summed E-state index contributed by atoms with van der Waals surface area (Å²) in [6.07, 6.45) is 3.06. The minimum absolute atomic E-state index is 0.178. The molecule has 3 nitrogen and oxygen atoms in total. The molecular formula is C20H19FN2O. The SMILES string of the molecule is Cc1ccc2oc(C3=CCN(Cc4cccc(F)c4)CC3)nc2c1. The van der Waals surface area contributed by atoms with Crippen molar-refractivity contribution in [1.82, 2.24) is 9.88 Å². The van der Waals surface area contributed by atoms with Gasteiger partial charge in [0.05, 0.1) is 0 Å². The first-order valence-electron chi connectivity index (χ1n) is 8.21. The molecule has 122 valence electrons. The molecule has 0 bridgehead atoms. The number of aromatic nitrogens is 1. The average Bonchev–Trinajstić information content (AvgIpc) is 2.98. The summed E-state index contributed by atoms with van der Waals surface area (Å²) in [5.41, 5.74) is 5.08. The van der Waals surface area contributed by atoms with E-state index in [1.54, 1.807) is 12.1 Å². The molecule has 2 aromatic carbocycles. The number of halogens is 1. The molecule has 0 amide bonds. The topological polar surface area (TPSA) is 29.3 Å². The number of benzene rings is 2. The predicted molar refractivity (Wildman–Crippen MR) is 93.0 cm³/mol. The van der Waals surface area contributed by atoms with Gasteiger partial charge in [0.2, 0.25) is 5.89 Å². The van der Waals surface area contributed by atoms with Crippen LogP contribution in [0.25, 0.3) is 16.7 Å². The molecule has 24 heavy (non-hydrogen) atoms. The number of aryl methyl sites for hydroxylation is 1. The monoisotopic (exact) mass is 322 g/mol. The van der Waals surface area contributed by atoms with Crippen LogP contribution in [-0.4, -0.2) is 23.0 Å². The zero-order valence-corrected chi connectivity index (χ0v) is 13.6. The Bertz CT molecular complexity index is 913. The maximum atomic E-state index is 13.3. The summed E-state index contributed by atoms with van der Waals surface area (Å²) in [6.45, 7) is 4.55. The van der Waals surface area contributed by atoms with Crippen LogP contribution in [0.4, 0.5) is 4.39 Å². The number of hydrogen-bond acceptors (Lipinski definition) is 3. The average molecular weight is 322 g/mol. The Morgan fingerprint density at radius 1 is 1.21 bits per heavy atom. The molecule has 0 spiro atoms. The molecule has 1 aliphatic heterocycles. The van der Waals surface area contributed by atoms with E-state index in [0.717, 1.165) is 54.2 Å². The molecular weight excluding hydrogens is 303 g/mol. The van der Waals surface area contributed by atoms with Crippen molar-refractivity contribution in [2.24, 2.45) is 0 Å². The van der Waals surface area contributed by atoms with E-state index in [9.17, 15) is 4.39 Å². The van der Waals surface area contributed by atoms with E-state index in [-0.39, 0.29) is 5.82 Å². The maximum absolute atomic E-state index is 13.3. The fourth-order valence-corrected chi connectivity index (χ4v) is 3.12. The van der Waals surface area contributed by atoms with Gasteiger partial charge in [0.25, 0.3) is 0 Å². The zero-order valence-electron chi connectivity index (χ0n) is 13.6. The van der Waals surface area contributed by atoms with Gasteiger partial charge in [0.15, 0.2) is 5.58 Å². The summed E-state index contributed by atoms with van der Waals surface area (Å²) in [5.74, 6) is 0.545. The molecule has 0 atom stereocenters. The molecule has 3 aromatic rings. The van der Waals surface area contributed by atoms with Gasteiger partial charge in [-0.05, 0) is 48.7 Å². The molecule has 0 saturated heterocycles. The highest BCUT2D eigenvalue weighted by molar-refractivity contribution is 5.76. The van der Waals surface area contributed by atoms with Crippen LogP contribution in [0.5, 0.6) is 0 Å². The van der Waals surface area contributed by atoms with Crippen molar-refractivity contribution in [3.63, 3.8) is 0 Å². The normalized spacial score (nSPS) is 15.7. The van der Waals surface area contributed by atoms with Crippen molar-refractivity contribution in [1.29, 1.82) is 0 Å². The van der Waals surface area contributed by atoms with Crippen LogP contribution in [0.1, 0.15) is 23.4 Å². The third kappa shape index (κ3) is 3.10. The number of nitrogens with zero attached hydrogens (tertiary/aromatic N) is 2. The Balaban J connectivity index is 1.49. The molecule has 0 unspecified atom stereocenters. The van der Waals surface area contributed by atoms with E-state index in [4.69, 9.17) is 4.42 Å². The van der Waals surface area contributed by atoms with Gasteiger partial charge < -0.3 is 4.42 Å². The lowest BCUT2D eigenvalue weighted by molar-refractivity contribution is 0.292. The first kappa shape index (κ1) is 15.1. The molecule has 0 radical (unpaired) electrons. The third-order valence-electron chi connectivity index (χ3n) is 4.41.